The summed E-state index contributed by atoms with van der Waals surface area (Å²) < 4.78 is 0. The summed E-state index contributed by atoms with van der Waals surface area (Å²) >= 11 is 0. The maximum absolute atomic E-state index is 11.2. The Bertz CT molecular complexity index is 1000. The Kier molecular flexibility index (Phi) is 6.22. The van der Waals surface area contributed by atoms with Gasteiger partial charge >= 0.3 is 0 Å². The fraction of sp³-hybridized carbons (Fsp3) is 0.357. The van der Waals surface area contributed by atoms with Crippen LogP contribution >= 0.6 is 0 Å². The summed E-state index contributed by atoms with van der Waals surface area (Å²) in [6, 6.07) is 15.4. The van der Waals surface area contributed by atoms with Crippen molar-refractivity contribution in [3.05, 3.63) is 87.5 Å². The van der Waals surface area contributed by atoms with Crippen molar-refractivity contribution in [1.29, 1.82) is 0 Å². The maximum Gasteiger partial charge on any atom is 0.122 e. The lowest BCUT2D eigenvalue weighted by Crippen LogP contribution is -2.07. The van der Waals surface area contributed by atoms with Crippen LogP contribution in [0.5, 0.6) is 17.2 Å². The van der Waals surface area contributed by atoms with E-state index < -0.39 is 0 Å². The van der Waals surface area contributed by atoms with Gasteiger partial charge in [0, 0.05) is 12.8 Å². The summed E-state index contributed by atoms with van der Waals surface area (Å²) in [4.78, 5) is 0. The van der Waals surface area contributed by atoms with E-state index in [0.717, 1.165) is 33.4 Å². The average Bonchev–Trinajstić information content (AvgIpc) is 2.76. The van der Waals surface area contributed by atoms with Gasteiger partial charge in [-0.25, -0.2) is 0 Å². The third-order valence-electron chi connectivity index (χ3n) is 6.60. The van der Waals surface area contributed by atoms with Crippen LogP contribution < -0.4 is 0 Å². The molecule has 3 aromatic rings. The summed E-state index contributed by atoms with van der Waals surface area (Å²) in [5, 5.41) is 31.9. The maximum atomic E-state index is 11.2. The van der Waals surface area contributed by atoms with E-state index >= 15 is 0 Å². The van der Waals surface area contributed by atoms with Gasteiger partial charge in [-0.2, -0.15) is 0 Å². The second-order valence-corrected chi connectivity index (χ2v) is 9.14. The Labute approximate surface area is 185 Å². The molecule has 4 rings (SSSR count). The first-order valence-electron chi connectivity index (χ1n) is 11.3. The lowest BCUT2D eigenvalue weighted by Gasteiger charge is -2.24. The molecule has 0 amide bonds. The van der Waals surface area contributed by atoms with Gasteiger partial charge in [0.25, 0.3) is 0 Å². The first kappa shape index (κ1) is 21.3. The molecule has 31 heavy (non-hydrogen) atoms. The standard InChI is InChI=1S/C28H32O3/c1-18-8-10-26(29)22(12-18)16-24-14-21(20-6-4-3-5-7-20)15-25(28(24)31)17-23-13-19(2)9-11-27(23)30/h8-15,20,29-31H,3-7,16-17H2,1-2H3. The SMILES string of the molecule is Cc1ccc(O)c(Cc2cc(C3CCCCC3)cc(Cc3cc(C)ccc3O)c2O)c1. The van der Waals surface area contributed by atoms with Crippen LogP contribution in [0.1, 0.15) is 77.0 Å². The third kappa shape index (κ3) is 4.87. The minimum atomic E-state index is 0.256. The van der Waals surface area contributed by atoms with Crippen LogP contribution in [-0.2, 0) is 12.8 Å². The molecular formula is C28H32O3. The van der Waals surface area contributed by atoms with Crippen molar-refractivity contribution in [2.24, 2.45) is 0 Å². The predicted molar refractivity (Wildman–Crippen MR) is 125 cm³/mol. The van der Waals surface area contributed by atoms with E-state index in [4.69, 9.17) is 0 Å². The topological polar surface area (TPSA) is 60.7 Å². The number of benzene rings is 3. The highest BCUT2D eigenvalue weighted by Crippen LogP contribution is 2.39. The van der Waals surface area contributed by atoms with E-state index in [1.54, 1.807) is 12.1 Å². The quantitative estimate of drug-likeness (QED) is 0.436. The largest absolute Gasteiger partial charge is 0.508 e. The minimum absolute atomic E-state index is 0.256. The normalized spacial score (nSPS) is 14.6. The molecule has 3 aromatic carbocycles. The molecule has 0 radical (unpaired) electrons. The van der Waals surface area contributed by atoms with E-state index in [1.807, 2.05) is 38.1 Å². The van der Waals surface area contributed by atoms with Gasteiger partial charge in [0.15, 0.2) is 0 Å². The minimum Gasteiger partial charge on any atom is -0.508 e. The highest BCUT2D eigenvalue weighted by atomic mass is 16.3. The first-order chi connectivity index (χ1) is 14.9. The molecule has 3 nitrogen and oxygen atoms in total. The van der Waals surface area contributed by atoms with E-state index in [9.17, 15) is 15.3 Å². The molecule has 162 valence electrons. The number of phenolic OH excluding ortho intramolecular Hbond substituents is 3. The lowest BCUT2D eigenvalue weighted by molar-refractivity contribution is 0.438. The number of phenols is 3. The van der Waals surface area contributed by atoms with Gasteiger partial charge in [-0.1, -0.05) is 66.8 Å². The Morgan fingerprint density at radius 3 is 1.61 bits per heavy atom. The molecule has 0 aromatic heterocycles. The van der Waals surface area contributed by atoms with Gasteiger partial charge in [0.1, 0.15) is 17.2 Å². The Balaban J connectivity index is 1.76. The molecule has 1 aliphatic carbocycles. The van der Waals surface area contributed by atoms with E-state index in [-0.39, 0.29) is 17.2 Å². The smallest absolute Gasteiger partial charge is 0.122 e. The highest BCUT2D eigenvalue weighted by molar-refractivity contribution is 5.52. The number of aromatic hydroxyl groups is 3. The van der Waals surface area contributed by atoms with Crippen LogP contribution in [0.4, 0.5) is 0 Å². The lowest BCUT2D eigenvalue weighted by atomic mass is 9.81. The fourth-order valence-electron chi connectivity index (χ4n) is 4.85. The molecule has 1 saturated carbocycles. The van der Waals surface area contributed by atoms with Crippen molar-refractivity contribution in [3.8, 4) is 17.2 Å². The number of hydrogen-bond acceptors (Lipinski definition) is 3. The second kappa shape index (κ2) is 9.05. The van der Waals surface area contributed by atoms with Crippen LogP contribution in [0.2, 0.25) is 0 Å². The van der Waals surface area contributed by atoms with Crippen LogP contribution in [0.3, 0.4) is 0 Å². The Hall–Kier alpha value is -2.94. The molecule has 0 spiro atoms. The zero-order valence-corrected chi connectivity index (χ0v) is 18.5. The van der Waals surface area contributed by atoms with E-state index in [0.29, 0.717) is 18.8 Å². The van der Waals surface area contributed by atoms with Crippen LogP contribution in [0.25, 0.3) is 0 Å². The molecule has 0 aliphatic heterocycles. The van der Waals surface area contributed by atoms with Crippen molar-refractivity contribution in [1.82, 2.24) is 0 Å². The van der Waals surface area contributed by atoms with E-state index in [1.165, 1.54) is 37.7 Å². The third-order valence-corrected chi connectivity index (χ3v) is 6.60. The molecule has 3 heteroatoms. The van der Waals surface area contributed by atoms with Crippen LogP contribution in [0, 0.1) is 13.8 Å². The first-order valence-corrected chi connectivity index (χ1v) is 11.3. The second-order valence-electron chi connectivity index (χ2n) is 9.14. The molecule has 0 bridgehead atoms. The highest BCUT2D eigenvalue weighted by Gasteiger charge is 2.20. The van der Waals surface area contributed by atoms with Gasteiger partial charge in [-0.3, -0.25) is 0 Å². The molecule has 0 unspecified atom stereocenters. The van der Waals surface area contributed by atoms with Gasteiger partial charge < -0.3 is 15.3 Å². The monoisotopic (exact) mass is 416 g/mol. The van der Waals surface area contributed by atoms with Gasteiger partial charge in [0.05, 0.1) is 0 Å². The van der Waals surface area contributed by atoms with Crippen LogP contribution in [-0.4, -0.2) is 15.3 Å². The van der Waals surface area contributed by atoms with Gasteiger partial charge in [0.2, 0.25) is 0 Å². The molecule has 0 atom stereocenters. The molecule has 0 saturated heterocycles. The molecule has 0 heterocycles. The summed E-state index contributed by atoms with van der Waals surface area (Å²) in [5.41, 5.74) is 6.75. The molecule has 1 aliphatic rings. The van der Waals surface area contributed by atoms with Crippen LogP contribution in [0.15, 0.2) is 48.5 Å². The fourth-order valence-corrected chi connectivity index (χ4v) is 4.85. The average molecular weight is 417 g/mol. The molecular weight excluding hydrogens is 384 g/mol. The summed E-state index contributed by atoms with van der Waals surface area (Å²) in [5.74, 6) is 1.28. The van der Waals surface area contributed by atoms with Crippen molar-refractivity contribution in [3.63, 3.8) is 0 Å². The summed E-state index contributed by atoms with van der Waals surface area (Å²) in [6.45, 7) is 4.01. The summed E-state index contributed by atoms with van der Waals surface area (Å²) in [7, 11) is 0. The predicted octanol–water partition coefficient (Wildman–Crippen LogP) is 6.65. The van der Waals surface area contributed by atoms with Crippen molar-refractivity contribution in [2.75, 3.05) is 0 Å². The molecule has 3 N–H and O–H groups in total. The number of aryl methyl sites for hydroxylation is 2. The van der Waals surface area contributed by atoms with E-state index in [2.05, 4.69) is 12.1 Å². The van der Waals surface area contributed by atoms with Gasteiger partial charge in [-0.05, 0) is 72.6 Å². The number of rotatable bonds is 5. The van der Waals surface area contributed by atoms with Crippen molar-refractivity contribution in [2.45, 2.75) is 64.7 Å². The zero-order valence-electron chi connectivity index (χ0n) is 18.5. The van der Waals surface area contributed by atoms with Gasteiger partial charge in [-0.15, -0.1) is 0 Å². The Morgan fingerprint density at radius 1 is 0.645 bits per heavy atom. The Morgan fingerprint density at radius 2 is 1.13 bits per heavy atom. The number of hydrogen-bond donors (Lipinski definition) is 3. The molecule has 1 fully saturated rings. The van der Waals surface area contributed by atoms with Crippen molar-refractivity contribution >= 4 is 0 Å². The zero-order chi connectivity index (χ0) is 22.0. The van der Waals surface area contributed by atoms with Crippen molar-refractivity contribution < 1.29 is 15.3 Å². The summed E-state index contributed by atoms with van der Waals surface area (Å²) in [6.07, 6.45) is 7.09.